The molecule has 0 aliphatic carbocycles. The predicted molar refractivity (Wildman–Crippen MR) is 64.3 cm³/mol. The third-order valence-corrected chi connectivity index (χ3v) is 2.99. The van der Waals surface area contributed by atoms with Gasteiger partial charge in [0.1, 0.15) is 0 Å². The number of hydrogen-bond donors (Lipinski definition) is 2. The number of nitrogens with zero attached hydrogens (tertiary/aromatic N) is 1. The molecule has 0 spiro atoms. The Hall–Kier alpha value is -1.10. The molecule has 0 saturated carbocycles. The van der Waals surface area contributed by atoms with Gasteiger partial charge < -0.3 is 15.3 Å². The Morgan fingerprint density at radius 2 is 2.06 bits per heavy atom. The lowest BCUT2D eigenvalue weighted by Gasteiger charge is -2.24. The van der Waals surface area contributed by atoms with Gasteiger partial charge in [0, 0.05) is 12.0 Å². The topological polar surface area (TPSA) is 69.6 Å². The molecule has 1 aliphatic heterocycles. The molecule has 0 aromatic carbocycles. The average Bonchev–Trinajstić information content (AvgIpc) is 2.71. The molecule has 0 unspecified atom stereocenters. The number of hydrogen-bond acceptors (Lipinski definition) is 3. The first-order chi connectivity index (χ1) is 7.86. The molecule has 1 rings (SSSR count). The van der Waals surface area contributed by atoms with Gasteiger partial charge in [-0.2, -0.15) is 0 Å². The fourth-order valence-electron chi connectivity index (χ4n) is 1.88. The minimum atomic E-state index is -0.484. The highest BCUT2D eigenvalue weighted by Crippen LogP contribution is 2.16. The van der Waals surface area contributed by atoms with Crippen LogP contribution in [-0.2, 0) is 9.59 Å². The van der Waals surface area contributed by atoms with Crippen LogP contribution in [0.25, 0.3) is 0 Å². The third-order valence-electron chi connectivity index (χ3n) is 2.99. The second kappa shape index (κ2) is 5.49. The van der Waals surface area contributed by atoms with Gasteiger partial charge in [-0.05, 0) is 12.8 Å². The standard InChI is InChI=1S/C12H22N2O3/c1-12(2,3)11(17)13-7-10(16)14-6-4-5-9(14)8-15/h9,15H,4-8H2,1-3H3,(H,13,17)/t9-/m1/s1. The molecular weight excluding hydrogens is 220 g/mol. The number of amides is 2. The fraction of sp³-hybridized carbons (Fsp3) is 0.833. The highest BCUT2D eigenvalue weighted by Gasteiger charge is 2.29. The normalized spacial score (nSPS) is 20.5. The summed E-state index contributed by atoms with van der Waals surface area (Å²) < 4.78 is 0. The molecular formula is C12H22N2O3. The Bertz CT molecular complexity index is 297. The first-order valence-electron chi connectivity index (χ1n) is 6.05. The summed E-state index contributed by atoms with van der Waals surface area (Å²) in [5, 5.41) is 11.7. The molecule has 1 aliphatic rings. The van der Waals surface area contributed by atoms with Crippen LogP contribution in [0.4, 0.5) is 0 Å². The molecule has 98 valence electrons. The third kappa shape index (κ3) is 3.70. The molecule has 5 nitrogen and oxygen atoms in total. The van der Waals surface area contributed by atoms with Gasteiger partial charge >= 0.3 is 0 Å². The average molecular weight is 242 g/mol. The SMILES string of the molecule is CC(C)(C)C(=O)NCC(=O)N1CCC[C@@H]1CO. The highest BCUT2D eigenvalue weighted by molar-refractivity contribution is 5.87. The largest absolute Gasteiger partial charge is 0.394 e. The molecule has 0 bridgehead atoms. The van der Waals surface area contributed by atoms with Crippen LogP contribution in [0, 0.1) is 5.41 Å². The van der Waals surface area contributed by atoms with E-state index in [0.717, 1.165) is 12.8 Å². The monoisotopic (exact) mass is 242 g/mol. The predicted octanol–water partition coefficient (Wildman–Crippen LogP) is 0.132. The van der Waals surface area contributed by atoms with E-state index in [-0.39, 0.29) is 31.0 Å². The zero-order valence-corrected chi connectivity index (χ0v) is 10.8. The number of nitrogens with one attached hydrogen (secondary N) is 1. The van der Waals surface area contributed by atoms with Gasteiger partial charge in [-0.25, -0.2) is 0 Å². The van der Waals surface area contributed by atoms with Crippen LogP contribution in [0.15, 0.2) is 0 Å². The smallest absolute Gasteiger partial charge is 0.242 e. The first kappa shape index (κ1) is 14.0. The fourth-order valence-corrected chi connectivity index (χ4v) is 1.88. The van der Waals surface area contributed by atoms with Crippen molar-refractivity contribution in [2.24, 2.45) is 5.41 Å². The van der Waals surface area contributed by atoms with Crippen LogP contribution in [0.5, 0.6) is 0 Å². The minimum Gasteiger partial charge on any atom is -0.394 e. The summed E-state index contributed by atoms with van der Waals surface area (Å²) in [5.41, 5.74) is -0.484. The second-order valence-electron chi connectivity index (χ2n) is 5.50. The van der Waals surface area contributed by atoms with Crippen LogP contribution in [-0.4, -0.2) is 47.6 Å². The van der Waals surface area contributed by atoms with Gasteiger partial charge in [0.15, 0.2) is 0 Å². The maximum atomic E-state index is 11.8. The molecule has 0 aromatic heterocycles. The Morgan fingerprint density at radius 3 is 2.59 bits per heavy atom. The summed E-state index contributed by atoms with van der Waals surface area (Å²) in [4.78, 5) is 25.1. The highest BCUT2D eigenvalue weighted by atomic mass is 16.3. The van der Waals surface area contributed by atoms with Crippen molar-refractivity contribution in [2.75, 3.05) is 19.7 Å². The molecule has 2 amide bonds. The molecule has 0 radical (unpaired) electrons. The van der Waals surface area contributed by atoms with Crippen molar-refractivity contribution < 1.29 is 14.7 Å². The lowest BCUT2D eigenvalue weighted by molar-refractivity contribution is -0.136. The van der Waals surface area contributed by atoms with Crippen LogP contribution in [0.3, 0.4) is 0 Å². The number of carbonyl (C=O) groups excluding carboxylic acids is 2. The number of likely N-dealkylation sites (tertiary alicyclic amines) is 1. The van der Waals surface area contributed by atoms with Gasteiger partial charge in [-0.15, -0.1) is 0 Å². The quantitative estimate of drug-likeness (QED) is 0.739. The molecule has 1 saturated heterocycles. The van der Waals surface area contributed by atoms with Crippen LogP contribution in [0.2, 0.25) is 0 Å². The van der Waals surface area contributed by atoms with E-state index >= 15 is 0 Å². The second-order valence-corrected chi connectivity index (χ2v) is 5.50. The van der Waals surface area contributed by atoms with Crippen LogP contribution < -0.4 is 5.32 Å². The summed E-state index contributed by atoms with van der Waals surface area (Å²) in [5.74, 6) is -0.246. The van der Waals surface area contributed by atoms with Gasteiger partial charge in [0.25, 0.3) is 0 Å². The molecule has 0 aromatic rings. The van der Waals surface area contributed by atoms with Crippen molar-refractivity contribution in [3.05, 3.63) is 0 Å². The first-order valence-corrected chi connectivity index (χ1v) is 6.05. The van der Waals surface area contributed by atoms with Gasteiger partial charge in [0.2, 0.25) is 11.8 Å². The van der Waals surface area contributed by atoms with Gasteiger partial charge in [-0.3, -0.25) is 9.59 Å². The lowest BCUT2D eigenvalue weighted by Crippen LogP contribution is -2.45. The molecule has 17 heavy (non-hydrogen) atoms. The summed E-state index contributed by atoms with van der Waals surface area (Å²) in [6, 6.07) is -0.0750. The summed E-state index contributed by atoms with van der Waals surface area (Å²) in [6.45, 7) is 6.11. The molecule has 1 heterocycles. The number of aliphatic hydroxyl groups excluding tert-OH is 1. The maximum absolute atomic E-state index is 11.8. The van der Waals surface area contributed by atoms with Crippen molar-refractivity contribution in [1.29, 1.82) is 0 Å². The van der Waals surface area contributed by atoms with Crippen molar-refractivity contribution in [3.8, 4) is 0 Å². The van der Waals surface area contributed by atoms with E-state index < -0.39 is 5.41 Å². The molecule has 1 fully saturated rings. The van der Waals surface area contributed by atoms with Crippen molar-refractivity contribution in [3.63, 3.8) is 0 Å². The number of rotatable bonds is 3. The van der Waals surface area contributed by atoms with E-state index in [2.05, 4.69) is 5.32 Å². The van der Waals surface area contributed by atoms with Crippen LogP contribution in [0.1, 0.15) is 33.6 Å². The maximum Gasteiger partial charge on any atom is 0.242 e. The van der Waals surface area contributed by atoms with E-state index in [1.807, 2.05) is 0 Å². The van der Waals surface area contributed by atoms with E-state index in [1.165, 1.54) is 0 Å². The zero-order valence-electron chi connectivity index (χ0n) is 10.8. The molecule has 1 atom stereocenters. The van der Waals surface area contributed by atoms with Crippen LogP contribution >= 0.6 is 0 Å². The van der Waals surface area contributed by atoms with E-state index in [9.17, 15) is 9.59 Å². The number of carbonyl (C=O) groups is 2. The van der Waals surface area contributed by atoms with E-state index in [1.54, 1.807) is 25.7 Å². The van der Waals surface area contributed by atoms with Gasteiger partial charge in [-0.1, -0.05) is 20.8 Å². The Kier molecular flexibility index (Phi) is 4.51. The van der Waals surface area contributed by atoms with Crippen molar-refractivity contribution in [1.82, 2.24) is 10.2 Å². The summed E-state index contributed by atoms with van der Waals surface area (Å²) in [7, 11) is 0. The zero-order chi connectivity index (χ0) is 13.1. The Morgan fingerprint density at radius 1 is 1.41 bits per heavy atom. The Balaban J connectivity index is 2.42. The molecule has 2 N–H and O–H groups in total. The van der Waals surface area contributed by atoms with Gasteiger partial charge in [0.05, 0.1) is 19.2 Å². The summed E-state index contributed by atoms with van der Waals surface area (Å²) >= 11 is 0. The summed E-state index contributed by atoms with van der Waals surface area (Å²) in [6.07, 6.45) is 1.76. The molecule has 5 heteroatoms. The lowest BCUT2D eigenvalue weighted by atomic mass is 9.96. The Labute approximate surface area is 102 Å². The number of aliphatic hydroxyl groups is 1. The van der Waals surface area contributed by atoms with Crippen molar-refractivity contribution in [2.45, 2.75) is 39.7 Å². The minimum absolute atomic E-state index is 0.00103. The van der Waals surface area contributed by atoms with E-state index in [4.69, 9.17) is 5.11 Å². The van der Waals surface area contributed by atoms with E-state index in [0.29, 0.717) is 6.54 Å². The van der Waals surface area contributed by atoms with Crippen molar-refractivity contribution >= 4 is 11.8 Å².